The van der Waals surface area contributed by atoms with Gasteiger partial charge in [-0.1, -0.05) is 0 Å². The zero-order valence-corrected chi connectivity index (χ0v) is 8.19. The number of aldehydes is 1. The van der Waals surface area contributed by atoms with Crippen molar-refractivity contribution >= 4 is 19.2 Å². The fraction of sp³-hybridized carbons (Fsp3) is 0.750. The van der Waals surface area contributed by atoms with Crippen LogP contribution in [0.15, 0.2) is 0 Å². The van der Waals surface area contributed by atoms with Crippen molar-refractivity contribution in [1.29, 1.82) is 0 Å². The van der Waals surface area contributed by atoms with Gasteiger partial charge in [0.1, 0.15) is 6.29 Å². The van der Waals surface area contributed by atoms with Crippen LogP contribution in [0.5, 0.6) is 0 Å². The molecule has 2 atom stereocenters. The topological polar surface area (TPSA) is 78.4 Å². The molecule has 0 bridgehead atoms. The molecule has 1 aliphatic heterocycles. The summed E-state index contributed by atoms with van der Waals surface area (Å²) in [4.78, 5) is 21.8. The molecule has 78 valence electrons. The summed E-state index contributed by atoms with van der Waals surface area (Å²) in [5.41, 5.74) is 0. The molecule has 14 heavy (non-hydrogen) atoms. The van der Waals surface area contributed by atoms with Gasteiger partial charge in [0, 0.05) is 12.5 Å². The van der Waals surface area contributed by atoms with Crippen LogP contribution in [0, 0.1) is 5.92 Å². The average molecular weight is 198 g/mol. The first-order valence-corrected chi connectivity index (χ1v) is 4.80. The summed E-state index contributed by atoms with van der Waals surface area (Å²) in [6.45, 7) is 2.23. The van der Waals surface area contributed by atoms with Crippen LogP contribution in [-0.4, -0.2) is 36.9 Å². The molecule has 0 aromatic rings. The monoisotopic (exact) mass is 198 g/mol. The van der Waals surface area contributed by atoms with E-state index in [4.69, 9.17) is 5.02 Å². The minimum absolute atomic E-state index is 0.00393. The Kier molecular flexibility index (Phi) is 4.09. The molecular formula is C8H15BN2O3. The van der Waals surface area contributed by atoms with Crippen LogP contribution < -0.4 is 10.5 Å². The summed E-state index contributed by atoms with van der Waals surface area (Å²) >= 11 is 0. The Morgan fingerprint density at radius 1 is 1.86 bits per heavy atom. The van der Waals surface area contributed by atoms with Crippen molar-refractivity contribution in [3.63, 3.8) is 0 Å². The number of hydrogen-bond donors (Lipinski definition) is 3. The predicted molar refractivity (Wildman–Crippen MR) is 52.6 cm³/mol. The summed E-state index contributed by atoms with van der Waals surface area (Å²) in [6.07, 6.45) is 1.96. The van der Waals surface area contributed by atoms with E-state index in [9.17, 15) is 9.59 Å². The molecule has 1 aliphatic rings. The number of carbonyl (C=O) groups excluding carboxylic acids is 2. The Balaban J connectivity index is 2.39. The smallest absolute Gasteiger partial charge is 0.374 e. The first kappa shape index (κ1) is 11.2. The van der Waals surface area contributed by atoms with E-state index in [0.717, 1.165) is 12.7 Å². The predicted octanol–water partition coefficient (Wildman–Crippen LogP) is -1.22. The van der Waals surface area contributed by atoms with Crippen molar-refractivity contribution in [2.75, 3.05) is 6.54 Å². The molecule has 3 N–H and O–H groups in total. The van der Waals surface area contributed by atoms with Crippen LogP contribution in [0.4, 0.5) is 0 Å². The fourth-order valence-electron chi connectivity index (χ4n) is 1.65. The third kappa shape index (κ3) is 3.12. The van der Waals surface area contributed by atoms with E-state index in [1.54, 1.807) is 6.82 Å². The molecule has 1 saturated heterocycles. The highest BCUT2D eigenvalue weighted by molar-refractivity contribution is 6.45. The Morgan fingerprint density at radius 3 is 3.00 bits per heavy atom. The first-order chi connectivity index (χ1) is 6.63. The van der Waals surface area contributed by atoms with Crippen molar-refractivity contribution in [1.82, 2.24) is 10.5 Å². The van der Waals surface area contributed by atoms with Crippen LogP contribution in [0.3, 0.4) is 0 Å². The van der Waals surface area contributed by atoms with Crippen molar-refractivity contribution in [3.05, 3.63) is 0 Å². The highest BCUT2D eigenvalue weighted by Gasteiger charge is 2.27. The fourth-order valence-corrected chi connectivity index (χ4v) is 1.65. The molecule has 1 fully saturated rings. The summed E-state index contributed by atoms with van der Waals surface area (Å²) < 4.78 is 0. The Bertz CT molecular complexity index is 223. The summed E-state index contributed by atoms with van der Waals surface area (Å²) in [5.74, 6) is -0.0966. The van der Waals surface area contributed by atoms with Gasteiger partial charge in [-0.05, 0) is 19.7 Å². The van der Waals surface area contributed by atoms with E-state index < -0.39 is 13.1 Å². The standard InChI is InChI=1S/C8H15BN2O3/c1-9(14)11-7(5-12)4-6-2-3-10-8(6)13/h5-7,11,14H,2-4H2,1H3,(H,10,13). The van der Waals surface area contributed by atoms with Gasteiger partial charge in [-0.2, -0.15) is 0 Å². The third-order valence-corrected chi connectivity index (χ3v) is 2.32. The van der Waals surface area contributed by atoms with E-state index in [1.807, 2.05) is 0 Å². The lowest BCUT2D eigenvalue weighted by atomic mass is 9.85. The lowest BCUT2D eigenvalue weighted by Gasteiger charge is -2.15. The average Bonchev–Trinajstić information content (AvgIpc) is 2.50. The molecule has 0 aromatic heterocycles. The van der Waals surface area contributed by atoms with Crippen molar-refractivity contribution in [2.24, 2.45) is 5.92 Å². The van der Waals surface area contributed by atoms with E-state index in [0.29, 0.717) is 13.0 Å². The molecule has 0 saturated carbocycles. The van der Waals surface area contributed by atoms with Crippen LogP contribution >= 0.6 is 0 Å². The molecule has 0 aliphatic carbocycles. The maximum atomic E-state index is 11.2. The molecular weight excluding hydrogens is 183 g/mol. The summed E-state index contributed by atoms with van der Waals surface area (Å²) in [5, 5.41) is 14.4. The number of amides is 1. The van der Waals surface area contributed by atoms with Gasteiger partial charge in [-0.25, -0.2) is 0 Å². The maximum Gasteiger partial charge on any atom is 0.374 e. The largest absolute Gasteiger partial charge is 0.437 e. The van der Waals surface area contributed by atoms with Gasteiger partial charge in [0.25, 0.3) is 0 Å². The maximum absolute atomic E-state index is 11.2. The zero-order valence-electron chi connectivity index (χ0n) is 8.19. The van der Waals surface area contributed by atoms with Crippen LogP contribution in [0.1, 0.15) is 12.8 Å². The SMILES string of the molecule is CB(O)NC(C=O)CC1CCNC1=O. The second-order valence-electron chi connectivity index (χ2n) is 3.60. The Hall–Kier alpha value is -0.875. The van der Waals surface area contributed by atoms with Gasteiger partial charge in [0.2, 0.25) is 5.91 Å². The molecule has 2 unspecified atom stereocenters. The van der Waals surface area contributed by atoms with Crippen molar-refractivity contribution in [2.45, 2.75) is 25.7 Å². The molecule has 0 radical (unpaired) electrons. The number of nitrogens with one attached hydrogen (secondary N) is 2. The number of rotatable bonds is 5. The van der Waals surface area contributed by atoms with Crippen LogP contribution in [0.2, 0.25) is 6.82 Å². The second-order valence-corrected chi connectivity index (χ2v) is 3.60. The third-order valence-electron chi connectivity index (χ3n) is 2.32. The second kappa shape index (κ2) is 5.12. The van der Waals surface area contributed by atoms with Gasteiger partial charge in [-0.3, -0.25) is 4.79 Å². The minimum atomic E-state index is -0.727. The minimum Gasteiger partial charge on any atom is -0.437 e. The first-order valence-electron chi connectivity index (χ1n) is 4.80. The normalized spacial score (nSPS) is 23.0. The van der Waals surface area contributed by atoms with E-state index >= 15 is 0 Å². The summed E-state index contributed by atoms with van der Waals surface area (Å²) in [6, 6.07) is -0.441. The van der Waals surface area contributed by atoms with Crippen LogP contribution in [0.25, 0.3) is 0 Å². The van der Waals surface area contributed by atoms with Gasteiger partial charge in [0.05, 0.1) is 6.04 Å². The lowest BCUT2D eigenvalue weighted by Crippen LogP contribution is -2.42. The van der Waals surface area contributed by atoms with Gasteiger partial charge >= 0.3 is 7.05 Å². The quantitative estimate of drug-likeness (QED) is 0.382. The molecule has 0 spiro atoms. The number of hydrogen-bond acceptors (Lipinski definition) is 4. The van der Waals surface area contributed by atoms with Gasteiger partial charge in [-0.15, -0.1) is 0 Å². The number of carbonyl (C=O) groups is 2. The Labute approximate surface area is 83.4 Å². The molecule has 1 amide bonds. The lowest BCUT2D eigenvalue weighted by molar-refractivity contribution is -0.122. The van der Waals surface area contributed by atoms with Crippen molar-refractivity contribution < 1.29 is 14.6 Å². The van der Waals surface area contributed by atoms with E-state index in [2.05, 4.69) is 10.5 Å². The molecule has 1 heterocycles. The molecule has 0 aromatic carbocycles. The zero-order chi connectivity index (χ0) is 10.6. The van der Waals surface area contributed by atoms with E-state index in [1.165, 1.54) is 0 Å². The van der Waals surface area contributed by atoms with Gasteiger partial charge in [0.15, 0.2) is 0 Å². The summed E-state index contributed by atoms with van der Waals surface area (Å²) in [7, 11) is -0.727. The molecule has 6 heteroatoms. The van der Waals surface area contributed by atoms with Crippen LogP contribution in [-0.2, 0) is 9.59 Å². The molecule has 1 rings (SSSR count). The van der Waals surface area contributed by atoms with E-state index in [-0.39, 0.29) is 11.8 Å². The Morgan fingerprint density at radius 2 is 2.57 bits per heavy atom. The molecule has 5 nitrogen and oxygen atoms in total. The highest BCUT2D eigenvalue weighted by atomic mass is 16.2. The van der Waals surface area contributed by atoms with Gasteiger partial charge < -0.3 is 20.4 Å². The highest BCUT2D eigenvalue weighted by Crippen LogP contribution is 2.15. The van der Waals surface area contributed by atoms with Crippen molar-refractivity contribution in [3.8, 4) is 0 Å².